The van der Waals surface area contributed by atoms with Gasteiger partial charge in [-0.2, -0.15) is 0 Å². The Labute approximate surface area is 173 Å². The van der Waals surface area contributed by atoms with Gasteiger partial charge in [0.25, 0.3) is 0 Å². The molecule has 0 atom stereocenters. The van der Waals surface area contributed by atoms with Crippen molar-refractivity contribution in [3.05, 3.63) is 53.1 Å². The van der Waals surface area contributed by atoms with E-state index in [4.69, 9.17) is 9.47 Å². The zero-order chi connectivity index (χ0) is 20.8. The van der Waals surface area contributed by atoms with Crippen molar-refractivity contribution in [3.8, 4) is 11.5 Å². The van der Waals surface area contributed by atoms with Gasteiger partial charge in [-0.25, -0.2) is 0 Å². The number of anilines is 1. The Hall–Kier alpha value is -2.57. The highest BCUT2D eigenvalue weighted by Crippen LogP contribution is 2.31. The fraction of sp³-hybridized carbons (Fsp3) is 0.435. The molecule has 6 heteroatoms. The summed E-state index contributed by atoms with van der Waals surface area (Å²) >= 11 is 0. The fourth-order valence-electron chi connectivity index (χ4n) is 3.65. The number of carbonyl (C=O) groups excluding carboxylic acids is 1. The number of hydrogen-bond acceptors (Lipinski definition) is 5. The maximum atomic E-state index is 12.4. The average molecular weight is 398 g/mol. The van der Waals surface area contributed by atoms with Crippen molar-refractivity contribution in [3.63, 3.8) is 0 Å². The minimum Gasteiger partial charge on any atom is -0.493 e. The number of nitrogens with zero attached hydrogens (tertiary/aromatic N) is 2. The highest BCUT2D eigenvalue weighted by Gasteiger charge is 2.20. The molecule has 2 aromatic carbocycles. The van der Waals surface area contributed by atoms with Crippen molar-refractivity contribution in [1.29, 1.82) is 0 Å². The first-order valence-electron chi connectivity index (χ1n) is 10.0. The van der Waals surface area contributed by atoms with E-state index in [0.717, 1.165) is 55.5 Å². The van der Waals surface area contributed by atoms with E-state index in [9.17, 15) is 4.79 Å². The molecule has 2 aromatic rings. The van der Waals surface area contributed by atoms with Gasteiger partial charge in [-0.3, -0.25) is 14.6 Å². The SMILES string of the molecule is COc1cc(C)c(CN2CCN(CC(=O)Nc3ccccc3C)CC2)cc1OC. The van der Waals surface area contributed by atoms with E-state index < -0.39 is 0 Å². The zero-order valence-corrected chi connectivity index (χ0v) is 17.8. The summed E-state index contributed by atoms with van der Waals surface area (Å²) < 4.78 is 10.8. The number of para-hydroxylation sites is 1. The van der Waals surface area contributed by atoms with E-state index in [1.54, 1.807) is 14.2 Å². The van der Waals surface area contributed by atoms with Crippen molar-refractivity contribution in [2.24, 2.45) is 0 Å². The van der Waals surface area contributed by atoms with Gasteiger partial charge in [0.1, 0.15) is 0 Å². The lowest BCUT2D eigenvalue weighted by molar-refractivity contribution is -0.117. The molecule has 3 rings (SSSR count). The van der Waals surface area contributed by atoms with Gasteiger partial charge in [-0.05, 0) is 48.7 Å². The number of carbonyl (C=O) groups is 1. The molecule has 1 saturated heterocycles. The van der Waals surface area contributed by atoms with Crippen molar-refractivity contribution in [1.82, 2.24) is 9.80 Å². The minimum atomic E-state index is 0.0449. The van der Waals surface area contributed by atoms with Crippen LogP contribution in [0.2, 0.25) is 0 Å². The Morgan fingerprint density at radius 2 is 1.55 bits per heavy atom. The number of benzene rings is 2. The first kappa shape index (κ1) is 21.1. The molecule has 6 nitrogen and oxygen atoms in total. The second-order valence-electron chi connectivity index (χ2n) is 7.55. The first-order valence-corrected chi connectivity index (χ1v) is 10.0. The van der Waals surface area contributed by atoms with Gasteiger partial charge >= 0.3 is 0 Å². The normalized spacial score (nSPS) is 15.2. The summed E-state index contributed by atoms with van der Waals surface area (Å²) in [5.74, 6) is 1.57. The summed E-state index contributed by atoms with van der Waals surface area (Å²) in [6.45, 7) is 9.04. The van der Waals surface area contributed by atoms with Crippen LogP contribution in [0.25, 0.3) is 0 Å². The van der Waals surface area contributed by atoms with Gasteiger partial charge in [0.15, 0.2) is 11.5 Å². The van der Waals surface area contributed by atoms with E-state index in [-0.39, 0.29) is 5.91 Å². The Morgan fingerprint density at radius 1 is 0.931 bits per heavy atom. The van der Waals surface area contributed by atoms with Crippen molar-refractivity contribution in [2.45, 2.75) is 20.4 Å². The standard InChI is InChI=1S/C23H31N3O3/c1-17-7-5-6-8-20(17)24-23(27)16-26-11-9-25(10-12-26)15-19-14-22(29-4)21(28-3)13-18(19)2/h5-8,13-14H,9-12,15-16H2,1-4H3,(H,24,27). The molecule has 1 heterocycles. The van der Waals surface area contributed by atoms with Crippen LogP contribution in [-0.4, -0.2) is 62.7 Å². The molecule has 156 valence electrons. The van der Waals surface area contributed by atoms with Gasteiger partial charge < -0.3 is 14.8 Å². The Balaban J connectivity index is 1.51. The molecule has 0 bridgehead atoms. The maximum Gasteiger partial charge on any atom is 0.238 e. The van der Waals surface area contributed by atoms with Crippen molar-refractivity contribution >= 4 is 11.6 Å². The Kier molecular flexibility index (Phi) is 7.12. The van der Waals surface area contributed by atoms with Gasteiger partial charge in [0, 0.05) is 38.4 Å². The van der Waals surface area contributed by atoms with E-state index in [1.807, 2.05) is 37.3 Å². The molecule has 1 aliphatic heterocycles. The van der Waals surface area contributed by atoms with Crippen LogP contribution in [0.15, 0.2) is 36.4 Å². The quantitative estimate of drug-likeness (QED) is 0.778. The molecule has 0 aliphatic carbocycles. The minimum absolute atomic E-state index is 0.0449. The summed E-state index contributed by atoms with van der Waals surface area (Å²) in [5, 5.41) is 3.02. The molecule has 0 spiro atoms. The van der Waals surface area contributed by atoms with Gasteiger partial charge in [0.05, 0.1) is 20.8 Å². The van der Waals surface area contributed by atoms with Crippen LogP contribution in [-0.2, 0) is 11.3 Å². The van der Waals surface area contributed by atoms with E-state index in [2.05, 4.69) is 28.1 Å². The lowest BCUT2D eigenvalue weighted by Crippen LogP contribution is -2.48. The van der Waals surface area contributed by atoms with Crippen LogP contribution < -0.4 is 14.8 Å². The molecule has 1 fully saturated rings. The summed E-state index contributed by atoms with van der Waals surface area (Å²) in [6, 6.07) is 12.0. The highest BCUT2D eigenvalue weighted by molar-refractivity contribution is 5.92. The summed E-state index contributed by atoms with van der Waals surface area (Å²) in [5.41, 5.74) is 4.41. The molecule has 0 saturated carbocycles. The number of aryl methyl sites for hydroxylation is 2. The largest absolute Gasteiger partial charge is 0.493 e. The fourth-order valence-corrected chi connectivity index (χ4v) is 3.65. The lowest BCUT2D eigenvalue weighted by Gasteiger charge is -2.34. The van der Waals surface area contributed by atoms with Gasteiger partial charge in [0.2, 0.25) is 5.91 Å². The number of methoxy groups -OCH3 is 2. The molecule has 0 unspecified atom stereocenters. The second kappa shape index (κ2) is 9.76. The number of nitrogens with one attached hydrogen (secondary N) is 1. The monoisotopic (exact) mass is 397 g/mol. The maximum absolute atomic E-state index is 12.4. The molecule has 1 N–H and O–H groups in total. The molecular weight excluding hydrogens is 366 g/mol. The Bertz CT molecular complexity index is 845. The van der Waals surface area contributed by atoms with Crippen LogP contribution in [0.3, 0.4) is 0 Å². The van der Waals surface area contributed by atoms with E-state index in [1.165, 1.54) is 11.1 Å². The van der Waals surface area contributed by atoms with Gasteiger partial charge in [-0.1, -0.05) is 18.2 Å². The smallest absolute Gasteiger partial charge is 0.238 e. The summed E-state index contributed by atoms with van der Waals surface area (Å²) in [4.78, 5) is 17.0. The average Bonchev–Trinajstić information content (AvgIpc) is 2.72. The van der Waals surface area contributed by atoms with E-state index in [0.29, 0.717) is 6.54 Å². The predicted molar refractivity (Wildman–Crippen MR) is 116 cm³/mol. The number of hydrogen-bond donors (Lipinski definition) is 1. The third-order valence-corrected chi connectivity index (χ3v) is 5.49. The summed E-state index contributed by atoms with van der Waals surface area (Å²) in [7, 11) is 3.32. The topological polar surface area (TPSA) is 54.0 Å². The predicted octanol–water partition coefficient (Wildman–Crippen LogP) is 3.08. The number of amides is 1. The molecule has 29 heavy (non-hydrogen) atoms. The molecule has 0 radical (unpaired) electrons. The zero-order valence-electron chi connectivity index (χ0n) is 17.8. The van der Waals surface area contributed by atoms with E-state index >= 15 is 0 Å². The molecular formula is C23H31N3O3. The number of ether oxygens (including phenoxy) is 2. The molecule has 1 amide bonds. The summed E-state index contributed by atoms with van der Waals surface area (Å²) in [6.07, 6.45) is 0. The van der Waals surface area contributed by atoms with Crippen molar-refractivity contribution < 1.29 is 14.3 Å². The molecule has 0 aromatic heterocycles. The molecule has 1 aliphatic rings. The van der Waals surface area contributed by atoms with Crippen LogP contribution in [0.5, 0.6) is 11.5 Å². The first-order chi connectivity index (χ1) is 14.0. The number of piperazine rings is 1. The van der Waals surface area contributed by atoms with Crippen molar-refractivity contribution in [2.75, 3.05) is 52.3 Å². The Morgan fingerprint density at radius 3 is 2.21 bits per heavy atom. The third-order valence-electron chi connectivity index (χ3n) is 5.49. The van der Waals surface area contributed by atoms with Gasteiger partial charge in [-0.15, -0.1) is 0 Å². The van der Waals surface area contributed by atoms with Crippen LogP contribution in [0, 0.1) is 13.8 Å². The third kappa shape index (κ3) is 5.49. The lowest BCUT2D eigenvalue weighted by atomic mass is 10.1. The van der Waals surface area contributed by atoms with Crippen LogP contribution in [0.1, 0.15) is 16.7 Å². The van der Waals surface area contributed by atoms with Crippen LogP contribution >= 0.6 is 0 Å². The second-order valence-corrected chi connectivity index (χ2v) is 7.55. The van der Waals surface area contributed by atoms with Crippen LogP contribution in [0.4, 0.5) is 5.69 Å². The highest BCUT2D eigenvalue weighted by atomic mass is 16.5. The number of rotatable bonds is 7.